The highest BCUT2D eigenvalue weighted by molar-refractivity contribution is 8.03. The zero-order chi connectivity index (χ0) is 9.26. The third kappa shape index (κ3) is 1.63. The minimum Gasteiger partial charge on any atom is -0.353 e. The molecule has 0 saturated carbocycles. The van der Waals surface area contributed by atoms with E-state index in [1.165, 1.54) is 5.56 Å². The highest BCUT2D eigenvalue weighted by Gasteiger charge is 2.23. The Morgan fingerprint density at radius 1 is 1.15 bits per heavy atom. The maximum atomic E-state index is 3.97. The normalized spacial score (nSPS) is 21.7. The molecule has 1 heterocycles. The summed E-state index contributed by atoms with van der Waals surface area (Å²) < 4.78 is 0. The smallest absolute Gasteiger partial charge is 0.0752 e. The van der Waals surface area contributed by atoms with E-state index < -0.39 is 0 Å². The Hall–Kier alpha value is -1.15. The van der Waals surface area contributed by atoms with Gasteiger partial charge in [0, 0.05) is 5.70 Å². The van der Waals surface area contributed by atoms with Gasteiger partial charge in [-0.05, 0) is 5.56 Å². The summed E-state index contributed by atoms with van der Waals surface area (Å²) in [4.78, 5) is 0. The first-order valence-corrected chi connectivity index (χ1v) is 5.01. The van der Waals surface area contributed by atoms with E-state index in [9.17, 15) is 0 Å². The molecule has 0 aliphatic carbocycles. The first kappa shape index (κ1) is 8.45. The summed E-state index contributed by atoms with van der Waals surface area (Å²) in [5, 5.41) is 4.45. The van der Waals surface area contributed by atoms with Gasteiger partial charge in [0.05, 0.1) is 10.3 Å². The topological polar surface area (TPSA) is 12.0 Å². The van der Waals surface area contributed by atoms with E-state index in [0.29, 0.717) is 5.25 Å². The molecule has 1 saturated heterocycles. The lowest BCUT2D eigenvalue weighted by Crippen LogP contribution is -2.02. The van der Waals surface area contributed by atoms with Gasteiger partial charge < -0.3 is 5.32 Å². The summed E-state index contributed by atoms with van der Waals surface area (Å²) in [5.74, 6) is 0. The van der Waals surface area contributed by atoms with Crippen LogP contribution in [0.2, 0.25) is 0 Å². The summed E-state index contributed by atoms with van der Waals surface area (Å²) in [5.41, 5.74) is 2.31. The Bertz CT molecular complexity index is 342. The van der Waals surface area contributed by atoms with Crippen LogP contribution >= 0.6 is 11.8 Å². The van der Waals surface area contributed by atoms with Crippen LogP contribution in [-0.2, 0) is 0 Å². The third-order valence-electron chi connectivity index (χ3n) is 1.98. The maximum absolute atomic E-state index is 3.97. The van der Waals surface area contributed by atoms with Crippen molar-refractivity contribution in [3.63, 3.8) is 0 Å². The fourth-order valence-electron chi connectivity index (χ4n) is 1.38. The Morgan fingerprint density at radius 3 is 2.38 bits per heavy atom. The molecule has 0 bridgehead atoms. The molecule has 13 heavy (non-hydrogen) atoms. The first-order chi connectivity index (χ1) is 6.27. The van der Waals surface area contributed by atoms with Gasteiger partial charge in [-0.2, -0.15) is 0 Å². The number of hydrogen-bond donors (Lipinski definition) is 1. The molecule has 2 heteroatoms. The summed E-state index contributed by atoms with van der Waals surface area (Å²) in [6, 6.07) is 10.3. The van der Waals surface area contributed by atoms with Gasteiger partial charge in [0.1, 0.15) is 0 Å². The molecular formula is C11H11NS. The zero-order valence-corrected chi connectivity index (χ0v) is 8.10. The second kappa shape index (κ2) is 3.30. The lowest BCUT2D eigenvalue weighted by Gasteiger charge is -2.07. The van der Waals surface area contributed by atoms with Crippen molar-refractivity contribution >= 4 is 11.8 Å². The highest BCUT2D eigenvalue weighted by Crippen LogP contribution is 2.42. The predicted octanol–water partition coefficient (Wildman–Crippen LogP) is 3.05. The van der Waals surface area contributed by atoms with Crippen molar-refractivity contribution in [1.82, 2.24) is 5.32 Å². The zero-order valence-electron chi connectivity index (χ0n) is 7.29. The molecule has 1 aromatic rings. The maximum Gasteiger partial charge on any atom is 0.0752 e. The van der Waals surface area contributed by atoms with E-state index in [0.717, 1.165) is 10.7 Å². The highest BCUT2D eigenvalue weighted by atomic mass is 32.2. The quantitative estimate of drug-likeness (QED) is 0.728. The third-order valence-corrected chi connectivity index (χ3v) is 3.16. The molecule has 0 amide bonds. The van der Waals surface area contributed by atoms with Gasteiger partial charge in [0.15, 0.2) is 0 Å². The van der Waals surface area contributed by atoms with Crippen LogP contribution < -0.4 is 5.32 Å². The lowest BCUT2D eigenvalue weighted by atomic mass is 10.1. The molecule has 1 aliphatic heterocycles. The van der Waals surface area contributed by atoms with Crippen molar-refractivity contribution in [2.24, 2.45) is 0 Å². The molecule has 1 aromatic carbocycles. The van der Waals surface area contributed by atoms with Crippen LogP contribution in [0.1, 0.15) is 10.8 Å². The van der Waals surface area contributed by atoms with Gasteiger partial charge in [-0.15, -0.1) is 0 Å². The van der Waals surface area contributed by atoms with Crippen molar-refractivity contribution in [2.45, 2.75) is 5.25 Å². The average Bonchev–Trinajstić information content (AvgIpc) is 2.47. The lowest BCUT2D eigenvalue weighted by molar-refractivity contribution is 0.995. The Kier molecular flexibility index (Phi) is 2.15. The van der Waals surface area contributed by atoms with Gasteiger partial charge in [-0.3, -0.25) is 0 Å². The minimum atomic E-state index is 0.327. The van der Waals surface area contributed by atoms with E-state index in [4.69, 9.17) is 0 Å². The number of benzene rings is 1. The molecule has 66 valence electrons. The van der Waals surface area contributed by atoms with E-state index >= 15 is 0 Å². The summed E-state index contributed by atoms with van der Waals surface area (Å²) >= 11 is 1.72. The summed E-state index contributed by atoms with van der Waals surface area (Å²) in [7, 11) is 0. The molecule has 1 aliphatic rings. The van der Waals surface area contributed by atoms with E-state index in [-0.39, 0.29) is 0 Å². The summed E-state index contributed by atoms with van der Waals surface area (Å²) in [6.07, 6.45) is 0. The van der Waals surface area contributed by atoms with Crippen LogP contribution in [0.25, 0.3) is 0 Å². The van der Waals surface area contributed by atoms with E-state index in [1.807, 2.05) is 18.2 Å². The fourth-order valence-corrected chi connectivity index (χ4v) is 2.35. The Morgan fingerprint density at radius 2 is 1.85 bits per heavy atom. The standard InChI is InChI=1S/C11H11NS/c1-8-11(13-9(2)12-8)10-6-4-3-5-7-10/h3-7,11-12H,1-2H2. The van der Waals surface area contributed by atoms with Gasteiger partial charge in [-0.25, -0.2) is 0 Å². The number of hydrogen-bond acceptors (Lipinski definition) is 2. The van der Waals surface area contributed by atoms with Gasteiger partial charge in [-0.1, -0.05) is 55.3 Å². The van der Waals surface area contributed by atoms with Crippen LogP contribution in [0.15, 0.2) is 54.2 Å². The van der Waals surface area contributed by atoms with E-state index in [1.54, 1.807) is 11.8 Å². The molecule has 1 fully saturated rings. The van der Waals surface area contributed by atoms with Crippen LogP contribution in [0.5, 0.6) is 0 Å². The molecule has 1 unspecified atom stereocenters. The molecule has 0 radical (unpaired) electrons. The second-order valence-corrected chi connectivity index (χ2v) is 4.18. The SMILES string of the molecule is C=C1NC(=C)C(c2ccccc2)S1. The van der Waals surface area contributed by atoms with Crippen molar-refractivity contribution in [3.8, 4) is 0 Å². The van der Waals surface area contributed by atoms with Crippen LogP contribution in [0, 0.1) is 0 Å². The van der Waals surface area contributed by atoms with Crippen LogP contribution in [0.3, 0.4) is 0 Å². The Balaban J connectivity index is 2.28. The molecule has 1 nitrogen and oxygen atoms in total. The number of thioether (sulfide) groups is 1. The number of rotatable bonds is 1. The van der Waals surface area contributed by atoms with Crippen LogP contribution in [-0.4, -0.2) is 0 Å². The molecule has 1 N–H and O–H groups in total. The van der Waals surface area contributed by atoms with Gasteiger partial charge in [0.2, 0.25) is 0 Å². The Labute approximate surface area is 82.5 Å². The largest absolute Gasteiger partial charge is 0.353 e. The van der Waals surface area contributed by atoms with Crippen molar-refractivity contribution < 1.29 is 0 Å². The molecule has 0 aromatic heterocycles. The molecular weight excluding hydrogens is 178 g/mol. The molecule has 1 atom stereocenters. The van der Waals surface area contributed by atoms with Crippen molar-refractivity contribution in [3.05, 3.63) is 59.8 Å². The molecule has 2 rings (SSSR count). The van der Waals surface area contributed by atoms with E-state index in [2.05, 4.69) is 30.6 Å². The van der Waals surface area contributed by atoms with Crippen molar-refractivity contribution in [2.75, 3.05) is 0 Å². The average molecular weight is 189 g/mol. The predicted molar refractivity (Wildman–Crippen MR) is 58.2 cm³/mol. The minimum absolute atomic E-state index is 0.327. The molecule has 0 spiro atoms. The monoisotopic (exact) mass is 189 g/mol. The van der Waals surface area contributed by atoms with Crippen molar-refractivity contribution in [1.29, 1.82) is 0 Å². The van der Waals surface area contributed by atoms with Crippen LogP contribution in [0.4, 0.5) is 0 Å². The first-order valence-electron chi connectivity index (χ1n) is 4.13. The van der Waals surface area contributed by atoms with Gasteiger partial charge >= 0.3 is 0 Å². The summed E-state index contributed by atoms with van der Waals surface area (Å²) in [6.45, 7) is 7.84. The second-order valence-electron chi connectivity index (χ2n) is 2.98. The fraction of sp³-hybridized carbons (Fsp3) is 0.0909. The number of nitrogens with one attached hydrogen (secondary N) is 1. The van der Waals surface area contributed by atoms with Gasteiger partial charge in [0.25, 0.3) is 0 Å².